The van der Waals surface area contributed by atoms with Gasteiger partial charge in [0.1, 0.15) is 0 Å². The fourth-order valence-electron chi connectivity index (χ4n) is 1.93. The van der Waals surface area contributed by atoms with E-state index in [0.29, 0.717) is 5.92 Å². The molecule has 3 heteroatoms. The van der Waals surface area contributed by atoms with Gasteiger partial charge in [0, 0.05) is 32.2 Å². The normalized spacial score (nSPS) is 17.1. The smallest absolute Gasteiger partial charge is 0.0995 e. The van der Waals surface area contributed by atoms with Gasteiger partial charge in [-0.15, -0.1) is 0 Å². The van der Waals surface area contributed by atoms with Gasteiger partial charge >= 0.3 is 0 Å². The number of aliphatic hydroxyl groups is 1. The maximum Gasteiger partial charge on any atom is 0.0995 e. The second-order valence-electron chi connectivity index (χ2n) is 4.01. The maximum absolute atomic E-state index is 8.91. The summed E-state index contributed by atoms with van der Waals surface area (Å²) in [7, 11) is 0. The molecule has 0 unspecified atom stereocenters. The molecule has 0 atom stereocenters. The van der Waals surface area contributed by atoms with Crippen LogP contribution < -0.4 is 0 Å². The van der Waals surface area contributed by atoms with E-state index in [0.717, 1.165) is 30.8 Å². The summed E-state index contributed by atoms with van der Waals surface area (Å²) in [6.07, 6.45) is 0. The van der Waals surface area contributed by atoms with Crippen molar-refractivity contribution in [1.29, 1.82) is 5.26 Å². The van der Waals surface area contributed by atoms with E-state index in [1.165, 1.54) is 0 Å². The summed E-state index contributed by atoms with van der Waals surface area (Å²) < 4.78 is 0. The van der Waals surface area contributed by atoms with Crippen molar-refractivity contribution in [1.82, 2.24) is 4.90 Å². The second kappa shape index (κ2) is 4.43. The van der Waals surface area contributed by atoms with E-state index < -0.39 is 0 Å². The number of hydrogen-bond donors (Lipinski definition) is 1. The SMILES string of the molecule is N#Cc1ccccc1CN1CC(CO)C1. The van der Waals surface area contributed by atoms with Crippen LogP contribution in [0.25, 0.3) is 0 Å². The highest BCUT2D eigenvalue weighted by molar-refractivity contribution is 5.37. The molecule has 1 N–H and O–H groups in total. The average Bonchev–Trinajstić information content (AvgIpc) is 2.23. The highest BCUT2D eigenvalue weighted by atomic mass is 16.3. The van der Waals surface area contributed by atoms with E-state index in [4.69, 9.17) is 10.4 Å². The van der Waals surface area contributed by atoms with Crippen LogP contribution >= 0.6 is 0 Å². The van der Waals surface area contributed by atoms with Gasteiger partial charge in [0.2, 0.25) is 0 Å². The largest absolute Gasteiger partial charge is 0.396 e. The summed E-state index contributed by atoms with van der Waals surface area (Å²) in [6, 6.07) is 9.88. The Morgan fingerprint density at radius 2 is 2.13 bits per heavy atom. The predicted octanol–water partition coefficient (Wildman–Crippen LogP) is 0.982. The first-order valence-electron chi connectivity index (χ1n) is 5.14. The summed E-state index contributed by atoms with van der Waals surface area (Å²) in [5.41, 5.74) is 1.83. The van der Waals surface area contributed by atoms with Crippen molar-refractivity contribution in [3.63, 3.8) is 0 Å². The lowest BCUT2D eigenvalue weighted by Crippen LogP contribution is -2.47. The summed E-state index contributed by atoms with van der Waals surface area (Å²) in [4.78, 5) is 2.25. The number of rotatable bonds is 3. The van der Waals surface area contributed by atoms with Crippen LogP contribution in [0.2, 0.25) is 0 Å². The molecule has 1 saturated heterocycles. The monoisotopic (exact) mass is 202 g/mol. The molecule has 2 rings (SSSR count). The van der Waals surface area contributed by atoms with Crippen LogP contribution in [-0.2, 0) is 6.54 Å². The summed E-state index contributed by atoms with van der Waals surface area (Å²) in [6.45, 7) is 2.98. The molecule has 0 bridgehead atoms. The molecule has 3 nitrogen and oxygen atoms in total. The number of hydrogen-bond acceptors (Lipinski definition) is 3. The van der Waals surface area contributed by atoms with Crippen LogP contribution in [0.4, 0.5) is 0 Å². The van der Waals surface area contributed by atoms with Crippen molar-refractivity contribution in [3.05, 3.63) is 35.4 Å². The maximum atomic E-state index is 8.91. The van der Waals surface area contributed by atoms with Gasteiger partial charge in [0.25, 0.3) is 0 Å². The average molecular weight is 202 g/mol. The number of nitriles is 1. The molecule has 0 aliphatic carbocycles. The minimum Gasteiger partial charge on any atom is -0.396 e. The van der Waals surface area contributed by atoms with Gasteiger partial charge in [-0.2, -0.15) is 5.26 Å². The molecular weight excluding hydrogens is 188 g/mol. The number of likely N-dealkylation sites (tertiary alicyclic amines) is 1. The molecule has 1 aromatic carbocycles. The first kappa shape index (κ1) is 10.2. The van der Waals surface area contributed by atoms with Gasteiger partial charge in [-0.25, -0.2) is 0 Å². The Bertz CT molecular complexity index is 377. The standard InChI is InChI=1S/C12H14N2O/c13-5-11-3-1-2-4-12(11)8-14-6-10(7-14)9-15/h1-4,10,15H,6-9H2. The number of benzene rings is 1. The van der Waals surface area contributed by atoms with Gasteiger partial charge in [-0.3, -0.25) is 4.90 Å². The van der Waals surface area contributed by atoms with Crippen LogP contribution in [0.15, 0.2) is 24.3 Å². The van der Waals surface area contributed by atoms with E-state index in [1.54, 1.807) is 0 Å². The Morgan fingerprint density at radius 3 is 2.80 bits per heavy atom. The Balaban J connectivity index is 1.97. The highest BCUT2D eigenvalue weighted by Crippen LogP contribution is 2.19. The Labute approximate surface area is 89.6 Å². The van der Waals surface area contributed by atoms with Crippen LogP contribution in [0.1, 0.15) is 11.1 Å². The molecule has 15 heavy (non-hydrogen) atoms. The zero-order valence-electron chi connectivity index (χ0n) is 8.56. The molecule has 0 aromatic heterocycles. The zero-order valence-corrected chi connectivity index (χ0v) is 8.56. The lowest BCUT2D eigenvalue weighted by atomic mass is 9.99. The van der Waals surface area contributed by atoms with Crippen molar-refractivity contribution in [2.24, 2.45) is 5.92 Å². The minimum absolute atomic E-state index is 0.274. The van der Waals surface area contributed by atoms with E-state index in [1.807, 2.05) is 24.3 Å². The molecule has 1 fully saturated rings. The molecule has 0 saturated carbocycles. The van der Waals surface area contributed by atoms with E-state index in [9.17, 15) is 0 Å². The van der Waals surface area contributed by atoms with Gasteiger partial charge in [-0.1, -0.05) is 18.2 Å². The fourth-order valence-corrected chi connectivity index (χ4v) is 1.93. The van der Waals surface area contributed by atoms with E-state index in [-0.39, 0.29) is 6.61 Å². The predicted molar refractivity (Wildman–Crippen MR) is 57.0 cm³/mol. The molecule has 1 aromatic rings. The fraction of sp³-hybridized carbons (Fsp3) is 0.417. The third kappa shape index (κ3) is 2.17. The van der Waals surface area contributed by atoms with Crippen molar-refractivity contribution >= 4 is 0 Å². The van der Waals surface area contributed by atoms with E-state index >= 15 is 0 Å². The van der Waals surface area contributed by atoms with Crippen LogP contribution in [-0.4, -0.2) is 29.7 Å². The van der Waals surface area contributed by atoms with Gasteiger partial charge in [-0.05, 0) is 11.6 Å². The molecule has 0 radical (unpaired) electrons. The summed E-state index contributed by atoms with van der Waals surface area (Å²) in [5.74, 6) is 0.430. The molecule has 1 heterocycles. The molecular formula is C12H14N2O. The van der Waals surface area contributed by atoms with Crippen molar-refractivity contribution in [2.75, 3.05) is 19.7 Å². The lowest BCUT2D eigenvalue weighted by Gasteiger charge is -2.38. The molecule has 0 amide bonds. The quantitative estimate of drug-likeness (QED) is 0.795. The van der Waals surface area contributed by atoms with Crippen molar-refractivity contribution < 1.29 is 5.11 Å². The first-order chi connectivity index (χ1) is 7.33. The molecule has 1 aliphatic rings. The molecule has 1 aliphatic heterocycles. The number of nitrogens with zero attached hydrogens (tertiary/aromatic N) is 2. The van der Waals surface area contributed by atoms with Crippen LogP contribution in [0.3, 0.4) is 0 Å². The summed E-state index contributed by atoms with van der Waals surface area (Å²) >= 11 is 0. The third-order valence-electron chi connectivity index (χ3n) is 2.82. The Morgan fingerprint density at radius 1 is 1.40 bits per heavy atom. The zero-order chi connectivity index (χ0) is 10.7. The first-order valence-corrected chi connectivity index (χ1v) is 5.14. The van der Waals surface area contributed by atoms with Gasteiger partial charge < -0.3 is 5.11 Å². The molecule has 0 spiro atoms. The molecule has 78 valence electrons. The van der Waals surface area contributed by atoms with Crippen molar-refractivity contribution in [2.45, 2.75) is 6.54 Å². The Kier molecular flexibility index (Phi) is 3.00. The minimum atomic E-state index is 0.274. The lowest BCUT2D eigenvalue weighted by molar-refractivity contribution is 0.0479. The van der Waals surface area contributed by atoms with Crippen LogP contribution in [0.5, 0.6) is 0 Å². The van der Waals surface area contributed by atoms with Gasteiger partial charge in [0.05, 0.1) is 11.6 Å². The highest BCUT2D eigenvalue weighted by Gasteiger charge is 2.25. The van der Waals surface area contributed by atoms with E-state index in [2.05, 4.69) is 11.0 Å². The Hall–Kier alpha value is -1.37. The number of aliphatic hydroxyl groups excluding tert-OH is 1. The van der Waals surface area contributed by atoms with Crippen molar-refractivity contribution in [3.8, 4) is 6.07 Å². The topological polar surface area (TPSA) is 47.3 Å². The van der Waals surface area contributed by atoms with Gasteiger partial charge in [0.15, 0.2) is 0 Å². The van der Waals surface area contributed by atoms with Crippen LogP contribution in [0, 0.1) is 17.2 Å². The second-order valence-corrected chi connectivity index (χ2v) is 4.01. The third-order valence-corrected chi connectivity index (χ3v) is 2.82. The summed E-state index contributed by atoms with van der Waals surface area (Å²) in [5, 5.41) is 17.8.